The van der Waals surface area contributed by atoms with Crippen LogP contribution in [0.4, 0.5) is 0 Å². The van der Waals surface area contributed by atoms with E-state index in [9.17, 15) is 9.59 Å². The molecule has 172 valence electrons. The molecule has 1 N–H and O–H groups in total. The Morgan fingerprint density at radius 2 is 1.77 bits per heavy atom. The topological polar surface area (TPSA) is 61.9 Å². The van der Waals surface area contributed by atoms with Gasteiger partial charge in [-0.1, -0.05) is 31.0 Å². The van der Waals surface area contributed by atoms with Gasteiger partial charge in [0.1, 0.15) is 0 Å². The molecule has 2 heterocycles. The highest BCUT2D eigenvalue weighted by Crippen LogP contribution is 2.21. The van der Waals surface area contributed by atoms with Gasteiger partial charge in [-0.05, 0) is 51.2 Å². The number of nitrogens with one attached hydrogen (secondary N) is 1. The lowest BCUT2D eigenvalue weighted by Crippen LogP contribution is -2.51. The highest BCUT2D eigenvalue weighted by Gasteiger charge is 2.30. The number of aryl methyl sites for hydroxylation is 2. The summed E-state index contributed by atoms with van der Waals surface area (Å²) < 4.78 is 5.49. The molecule has 0 bridgehead atoms. The number of amides is 2. The number of carbonyl (C=O) groups is 2. The average Bonchev–Trinajstić information content (AvgIpc) is 2.75. The maximum atomic E-state index is 13.0. The molecule has 6 heteroatoms. The van der Waals surface area contributed by atoms with Crippen LogP contribution in [-0.4, -0.2) is 73.6 Å². The zero-order chi connectivity index (χ0) is 22.4. The minimum absolute atomic E-state index is 0.0373. The second-order valence-electron chi connectivity index (χ2n) is 9.64. The van der Waals surface area contributed by atoms with Crippen LogP contribution in [0.2, 0.25) is 0 Å². The Kier molecular flexibility index (Phi) is 8.50. The molecule has 2 aliphatic rings. The maximum Gasteiger partial charge on any atom is 0.253 e. The molecule has 2 aliphatic heterocycles. The predicted octanol–water partition coefficient (Wildman–Crippen LogP) is 3.02. The van der Waals surface area contributed by atoms with Crippen molar-refractivity contribution in [3.05, 3.63) is 34.9 Å². The average molecular weight is 430 g/mol. The number of likely N-dealkylation sites (tertiary alicyclic amines) is 1. The Labute approximate surface area is 187 Å². The number of benzene rings is 1. The smallest absolute Gasteiger partial charge is 0.253 e. The largest absolute Gasteiger partial charge is 0.379 e. The van der Waals surface area contributed by atoms with Gasteiger partial charge in [0.25, 0.3) is 5.91 Å². The third-order valence-corrected chi connectivity index (χ3v) is 6.37. The highest BCUT2D eigenvalue weighted by molar-refractivity contribution is 5.95. The van der Waals surface area contributed by atoms with Gasteiger partial charge in [-0.15, -0.1) is 0 Å². The number of carbonyl (C=O) groups excluding carboxylic acids is 2. The van der Waals surface area contributed by atoms with Crippen molar-refractivity contribution in [2.24, 2.45) is 11.8 Å². The van der Waals surface area contributed by atoms with Crippen LogP contribution >= 0.6 is 0 Å². The summed E-state index contributed by atoms with van der Waals surface area (Å²) in [5.41, 5.74) is 2.91. The van der Waals surface area contributed by atoms with E-state index in [1.54, 1.807) is 0 Å². The van der Waals surface area contributed by atoms with E-state index in [0.29, 0.717) is 25.0 Å². The standard InChI is InChI=1S/C25H39N3O3/c1-18(2)12-23(27-8-10-31-11-9-27)16-26-24(29)21-6-5-7-28(17-21)25(30)22-14-19(3)13-20(4)15-22/h13-15,18,21,23H,5-12,16-17H2,1-4H3,(H,26,29). The van der Waals surface area contributed by atoms with Gasteiger partial charge in [0.15, 0.2) is 0 Å². The molecule has 1 aromatic rings. The number of nitrogens with zero attached hydrogens (tertiary/aromatic N) is 2. The molecule has 0 radical (unpaired) electrons. The third kappa shape index (κ3) is 6.78. The molecule has 2 atom stereocenters. The van der Waals surface area contributed by atoms with Gasteiger partial charge in [0, 0.05) is 44.3 Å². The zero-order valence-electron chi connectivity index (χ0n) is 19.7. The first-order valence-electron chi connectivity index (χ1n) is 11.8. The third-order valence-electron chi connectivity index (χ3n) is 6.37. The molecule has 0 spiro atoms. The second kappa shape index (κ2) is 11.1. The Bertz CT molecular complexity index is 738. The predicted molar refractivity (Wildman–Crippen MR) is 123 cm³/mol. The summed E-state index contributed by atoms with van der Waals surface area (Å²) in [6.07, 6.45) is 2.77. The van der Waals surface area contributed by atoms with Crippen molar-refractivity contribution in [3.63, 3.8) is 0 Å². The van der Waals surface area contributed by atoms with E-state index in [2.05, 4.69) is 30.1 Å². The van der Waals surface area contributed by atoms with Crippen molar-refractivity contribution in [1.29, 1.82) is 0 Å². The molecule has 3 rings (SSSR count). The summed E-state index contributed by atoms with van der Waals surface area (Å²) in [7, 11) is 0. The van der Waals surface area contributed by atoms with Crippen molar-refractivity contribution in [3.8, 4) is 0 Å². The van der Waals surface area contributed by atoms with Crippen molar-refractivity contribution in [1.82, 2.24) is 15.1 Å². The highest BCUT2D eigenvalue weighted by atomic mass is 16.5. The van der Waals surface area contributed by atoms with E-state index in [-0.39, 0.29) is 17.7 Å². The van der Waals surface area contributed by atoms with Gasteiger partial charge in [0.2, 0.25) is 5.91 Å². The van der Waals surface area contributed by atoms with Crippen LogP contribution in [0.25, 0.3) is 0 Å². The van der Waals surface area contributed by atoms with Crippen molar-refractivity contribution in [2.45, 2.75) is 53.0 Å². The van der Waals surface area contributed by atoms with Gasteiger partial charge in [-0.25, -0.2) is 0 Å². The molecule has 6 nitrogen and oxygen atoms in total. The molecule has 0 saturated carbocycles. The Hall–Kier alpha value is -1.92. The minimum atomic E-state index is -0.131. The SMILES string of the molecule is Cc1cc(C)cc(C(=O)N2CCCC(C(=O)NCC(CC(C)C)N3CCOCC3)C2)c1. The monoisotopic (exact) mass is 429 g/mol. The molecule has 2 unspecified atom stereocenters. The molecule has 2 fully saturated rings. The van der Waals surface area contributed by atoms with Crippen LogP contribution in [0.5, 0.6) is 0 Å². The van der Waals surface area contributed by atoms with Crippen LogP contribution in [0.1, 0.15) is 54.6 Å². The number of piperidine rings is 1. The van der Waals surface area contributed by atoms with Crippen LogP contribution < -0.4 is 5.32 Å². The van der Waals surface area contributed by atoms with E-state index >= 15 is 0 Å². The molecular formula is C25H39N3O3. The number of morpholine rings is 1. The summed E-state index contributed by atoms with van der Waals surface area (Å²) in [4.78, 5) is 30.3. The Morgan fingerprint density at radius 1 is 1.10 bits per heavy atom. The fourth-order valence-electron chi connectivity index (χ4n) is 4.87. The van der Waals surface area contributed by atoms with Crippen molar-refractivity contribution < 1.29 is 14.3 Å². The molecule has 31 heavy (non-hydrogen) atoms. The van der Waals surface area contributed by atoms with Crippen molar-refractivity contribution >= 4 is 11.8 Å². The Balaban J connectivity index is 1.57. The van der Waals surface area contributed by atoms with Gasteiger partial charge in [0.05, 0.1) is 19.1 Å². The van der Waals surface area contributed by atoms with E-state index in [4.69, 9.17) is 4.74 Å². The summed E-state index contributed by atoms with van der Waals surface area (Å²) in [5, 5.41) is 3.21. The van der Waals surface area contributed by atoms with E-state index < -0.39 is 0 Å². The van der Waals surface area contributed by atoms with Gasteiger partial charge in [-0.2, -0.15) is 0 Å². The van der Waals surface area contributed by atoms with Crippen LogP contribution in [0.15, 0.2) is 18.2 Å². The van der Waals surface area contributed by atoms with Crippen LogP contribution in [0.3, 0.4) is 0 Å². The number of ether oxygens (including phenoxy) is 1. The zero-order valence-corrected chi connectivity index (χ0v) is 19.7. The lowest BCUT2D eigenvalue weighted by Gasteiger charge is -2.36. The molecular weight excluding hydrogens is 390 g/mol. The van der Waals surface area contributed by atoms with Crippen LogP contribution in [-0.2, 0) is 9.53 Å². The van der Waals surface area contributed by atoms with Crippen LogP contribution in [0, 0.1) is 25.7 Å². The lowest BCUT2D eigenvalue weighted by atomic mass is 9.95. The fraction of sp³-hybridized carbons (Fsp3) is 0.680. The molecule has 1 aromatic carbocycles. The molecule has 2 amide bonds. The second-order valence-corrected chi connectivity index (χ2v) is 9.64. The molecule has 0 aliphatic carbocycles. The van der Waals surface area contributed by atoms with Gasteiger partial charge in [-0.3, -0.25) is 14.5 Å². The summed E-state index contributed by atoms with van der Waals surface area (Å²) in [5.74, 6) is 0.563. The summed E-state index contributed by atoms with van der Waals surface area (Å²) >= 11 is 0. The molecule has 2 saturated heterocycles. The first kappa shape index (κ1) is 23.7. The maximum absolute atomic E-state index is 13.0. The van der Waals surface area contributed by atoms with Crippen molar-refractivity contribution in [2.75, 3.05) is 45.9 Å². The van der Waals surface area contributed by atoms with E-state index in [1.807, 2.05) is 30.9 Å². The first-order chi connectivity index (χ1) is 14.8. The number of rotatable bonds is 7. The van der Waals surface area contributed by atoms with E-state index in [0.717, 1.165) is 68.8 Å². The molecule has 0 aromatic heterocycles. The lowest BCUT2D eigenvalue weighted by molar-refractivity contribution is -0.126. The number of hydrogen-bond acceptors (Lipinski definition) is 4. The van der Waals surface area contributed by atoms with Gasteiger partial charge >= 0.3 is 0 Å². The van der Waals surface area contributed by atoms with E-state index in [1.165, 1.54) is 0 Å². The summed E-state index contributed by atoms with van der Waals surface area (Å²) in [6.45, 7) is 13.8. The fourth-order valence-corrected chi connectivity index (χ4v) is 4.87. The summed E-state index contributed by atoms with van der Waals surface area (Å²) in [6, 6.07) is 6.30. The van der Waals surface area contributed by atoms with Gasteiger partial charge < -0.3 is 15.0 Å². The first-order valence-corrected chi connectivity index (χ1v) is 11.8. The Morgan fingerprint density at radius 3 is 2.42 bits per heavy atom. The normalized spacial score (nSPS) is 21.2. The minimum Gasteiger partial charge on any atom is -0.379 e. The quantitative estimate of drug-likeness (QED) is 0.724. The number of hydrogen-bond donors (Lipinski definition) is 1.